The average Bonchev–Trinajstić information content (AvgIpc) is 2.38. The maximum absolute atomic E-state index is 13.6. The molecule has 2 rings (SSSR count). The van der Waals surface area contributed by atoms with Gasteiger partial charge in [-0.15, -0.1) is 0 Å². The van der Waals surface area contributed by atoms with Gasteiger partial charge in [0.2, 0.25) is 0 Å². The van der Waals surface area contributed by atoms with Crippen molar-refractivity contribution in [3.05, 3.63) is 35.9 Å². The topological polar surface area (TPSA) is 29.5 Å². The second kappa shape index (κ2) is 5.96. The fourth-order valence-corrected chi connectivity index (χ4v) is 2.43. The third kappa shape index (κ3) is 3.29. The van der Waals surface area contributed by atoms with Gasteiger partial charge in [-0.3, -0.25) is 9.69 Å². The lowest BCUT2D eigenvalue weighted by Crippen LogP contribution is -2.44. The van der Waals surface area contributed by atoms with Crippen LogP contribution in [0.15, 0.2) is 30.3 Å². The number of benzene rings is 1. The zero-order valence-corrected chi connectivity index (χ0v) is 10.5. The minimum absolute atomic E-state index is 0.276. The van der Waals surface area contributed by atoms with E-state index in [0.717, 1.165) is 5.56 Å². The maximum Gasteiger partial charge on any atom is 0.310 e. The van der Waals surface area contributed by atoms with Gasteiger partial charge in [0, 0.05) is 19.6 Å². The number of carbonyl (C=O) groups is 1. The smallest absolute Gasteiger partial charge is 0.310 e. The van der Waals surface area contributed by atoms with Crippen LogP contribution < -0.4 is 0 Å². The van der Waals surface area contributed by atoms with Crippen LogP contribution in [0.4, 0.5) is 4.39 Å². The van der Waals surface area contributed by atoms with Crippen molar-refractivity contribution in [3.63, 3.8) is 0 Å². The highest BCUT2D eigenvalue weighted by Crippen LogP contribution is 2.22. The second-order valence-electron chi connectivity index (χ2n) is 4.73. The summed E-state index contributed by atoms with van der Waals surface area (Å²) in [7, 11) is 1.35. The van der Waals surface area contributed by atoms with Crippen LogP contribution in [0.2, 0.25) is 0 Å². The van der Waals surface area contributed by atoms with Gasteiger partial charge in [-0.1, -0.05) is 30.3 Å². The summed E-state index contributed by atoms with van der Waals surface area (Å²) in [4.78, 5) is 13.5. The predicted octanol–water partition coefficient (Wildman–Crippen LogP) is 2.02. The van der Waals surface area contributed by atoms with E-state index < -0.39 is 6.17 Å². The third-order valence-corrected chi connectivity index (χ3v) is 3.26. The lowest BCUT2D eigenvalue weighted by Gasteiger charge is -2.33. The van der Waals surface area contributed by atoms with Crippen LogP contribution in [-0.2, 0) is 16.1 Å². The molecule has 0 saturated carbocycles. The fourth-order valence-electron chi connectivity index (χ4n) is 2.43. The Morgan fingerprint density at radius 3 is 2.78 bits per heavy atom. The molecule has 1 fully saturated rings. The number of carbonyl (C=O) groups excluding carboxylic acids is 1. The number of esters is 1. The number of nitrogens with zero attached hydrogens (tertiary/aromatic N) is 1. The fraction of sp³-hybridized carbons (Fsp3) is 0.500. The summed E-state index contributed by atoms with van der Waals surface area (Å²) in [5, 5.41) is 0. The zero-order valence-electron chi connectivity index (χ0n) is 10.5. The van der Waals surface area contributed by atoms with Crippen molar-refractivity contribution < 1.29 is 13.9 Å². The van der Waals surface area contributed by atoms with Crippen LogP contribution in [0, 0.1) is 5.92 Å². The Bertz CT molecular complexity index is 396. The number of hydrogen-bond donors (Lipinski definition) is 0. The van der Waals surface area contributed by atoms with E-state index in [9.17, 15) is 9.18 Å². The number of halogens is 1. The van der Waals surface area contributed by atoms with Gasteiger partial charge in [-0.2, -0.15) is 0 Å². The molecule has 0 N–H and O–H groups in total. The molecule has 1 aromatic rings. The van der Waals surface area contributed by atoms with Gasteiger partial charge in [-0.05, 0) is 12.0 Å². The monoisotopic (exact) mass is 251 g/mol. The molecule has 1 saturated heterocycles. The molecule has 2 atom stereocenters. The lowest BCUT2D eigenvalue weighted by molar-refractivity contribution is -0.148. The Kier molecular flexibility index (Phi) is 4.31. The summed E-state index contributed by atoms with van der Waals surface area (Å²) in [6, 6.07) is 9.90. The molecular formula is C14H18FNO2. The first-order valence-electron chi connectivity index (χ1n) is 6.17. The van der Waals surface area contributed by atoms with Crippen molar-refractivity contribution in [1.29, 1.82) is 0 Å². The van der Waals surface area contributed by atoms with Crippen LogP contribution in [0.25, 0.3) is 0 Å². The third-order valence-electron chi connectivity index (χ3n) is 3.26. The lowest BCUT2D eigenvalue weighted by atomic mass is 9.96. The van der Waals surface area contributed by atoms with Crippen molar-refractivity contribution in [1.82, 2.24) is 4.90 Å². The number of hydrogen-bond acceptors (Lipinski definition) is 3. The summed E-state index contributed by atoms with van der Waals surface area (Å²) in [6.07, 6.45) is -0.677. The molecule has 0 aromatic heterocycles. The number of rotatable bonds is 3. The highest BCUT2D eigenvalue weighted by molar-refractivity contribution is 5.72. The minimum Gasteiger partial charge on any atom is -0.469 e. The molecule has 0 aliphatic carbocycles. The quantitative estimate of drug-likeness (QED) is 0.770. The summed E-state index contributed by atoms with van der Waals surface area (Å²) >= 11 is 0. The molecule has 98 valence electrons. The number of ether oxygens (including phenoxy) is 1. The molecular weight excluding hydrogens is 233 g/mol. The van der Waals surface area contributed by atoms with Crippen LogP contribution in [0.5, 0.6) is 0 Å². The van der Waals surface area contributed by atoms with Crippen LogP contribution in [0.3, 0.4) is 0 Å². The molecule has 2 unspecified atom stereocenters. The van der Waals surface area contributed by atoms with Crippen LogP contribution in [-0.4, -0.2) is 37.2 Å². The zero-order chi connectivity index (χ0) is 13.0. The van der Waals surface area contributed by atoms with Crippen LogP contribution >= 0.6 is 0 Å². The van der Waals surface area contributed by atoms with Crippen molar-refractivity contribution in [2.75, 3.05) is 20.2 Å². The summed E-state index contributed by atoms with van der Waals surface area (Å²) in [5.74, 6) is -0.655. The van der Waals surface area contributed by atoms with E-state index in [1.165, 1.54) is 7.11 Å². The Morgan fingerprint density at radius 1 is 1.39 bits per heavy atom. The summed E-state index contributed by atoms with van der Waals surface area (Å²) in [6.45, 7) is 1.64. The van der Waals surface area contributed by atoms with E-state index in [4.69, 9.17) is 4.74 Å². The second-order valence-corrected chi connectivity index (χ2v) is 4.73. The number of piperidine rings is 1. The van der Waals surface area contributed by atoms with Gasteiger partial charge < -0.3 is 4.74 Å². The minimum atomic E-state index is -0.952. The average molecular weight is 251 g/mol. The molecule has 1 aliphatic heterocycles. The van der Waals surface area contributed by atoms with Gasteiger partial charge in [-0.25, -0.2) is 4.39 Å². The Labute approximate surface area is 107 Å². The number of alkyl halides is 1. The van der Waals surface area contributed by atoms with Gasteiger partial charge >= 0.3 is 5.97 Å². The molecule has 3 nitrogen and oxygen atoms in total. The van der Waals surface area contributed by atoms with Gasteiger partial charge in [0.15, 0.2) is 0 Å². The molecule has 0 radical (unpaired) electrons. The molecule has 4 heteroatoms. The first-order chi connectivity index (χ1) is 8.69. The number of likely N-dealkylation sites (tertiary alicyclic amines) is 1. The van der Waals surface area contributed by atoms with E-state index >= 15 is 0 Å². The molecule has 1 aromatic carbocycles. The summed E-state index contributed by atoms with van der Waals surface area (Å²) in [5.41, 5.74) is 1.13. The molecule has 0 spiro atoms. The van der Waals surface area contributed by atoms with Crippen molar-refractivity contribution in [2.45, 2.75) is 19.1 Å². The van der Waals surface area contributed by atoms with Crippen molar-refractivity contribution in [2.24, 2.45) is 5.92 Å². The number of methoxy groups -OCH3 is 1. The molecule has 0 bridgehead atoms. The highest BCUT2D eigenvalue weighted by Gasteiger charge is 2.32. The van der Waals surface area contributed by atoms with E-state index in [1.807, 2.05) is 35.2 Å². The highest BCUT2D eigenvalue weighted by atomic mass is 19.1. The first-order valence-corrected chi connectivity index (χ1v) is 6.17. The molecule has 18 heavy (non-hydrogen) atoms. The molecule has 1 aliphatic rings. The predicted molar refractivity (Wildman–Crippen MR) is 66.7 cm³/mol. The van der Waals surface area contributed by atoms with E-state index in [2.05, 4.69) is 0 Å². The first kappa shape index (κ1) is 13.0. The Morgan fingerprint density at radius 2 is 2.11 bits per heavy atom. The van der Waals surface area contributed by atoms with E-state index in [0.29, 0.717) is 19.6 Å². The standard InChI is InChI=1S/C14H18FNO2/c1-18-14(17)12-7-13(15)10-16(9-12)8-11-5-3-2-4-6-11/h2-6,12-13H,7-10H2,1H3. The molecule has 0 amide bonds. The van der Waals surface area contributed by atoms with Crippen LogP contribution in [0.1, 0.15) is 12.0 Å². The normalized spacial score (nSPS) is 24.8. The van der Waals surface area contributed by atoms with Crippen molar-refractivity contribution >= 4 is 5.97 Å². The molecule has 1 heterocycles. The SMILES string of the molecule is COC(=O)C1CC(F)CN(Cc2ccccc2)C1. The maximum atomic E-state index is 13.6. The van der Waals surface area contributed by atoms with Gasteiger partial charge in [0.25, 0.3) is 0 Å². The Hall–Kier alpha value is -1.42. The van der Waals surface area contributed by atoms with Gasteiger partial charge in [0.1, 0.15) is 6.17 Å². The van der Waals surface area contributed by atoms with E-state index in [-0.39, 0.29) is 18.3 Å². The van der Waals surface area contributed by atoms with Crippen molar-refractivity contribution in [3.8, 4) is 0 Å². The van der Waals surface area contributed by atoms with E-state index in [1.54, 1.807) is 0 Å². The van der Waals surface area contributed by atoms with Gasteiger partial charge in [0.05, 0.1) is 13.0 Å². The Balaban J connectivity index is 1.98. The largest absolute Gasteiger partial charge is 0.469 e. The summed E-state index contributed by atoms with van der Waals surface area (Å²) < 4.78 is 18.3.